The van der Waals surface area contributed by atoms with E-state index in [1.807, 2.05) is 12.1 Å². The van der Waals surface area contributed by atoms with Crippen molar-refractivity contribution in [1.82, 2.24) is 0 Å². The van der Waals surface area contributed by atoms with Gasteiger partial charge < -0.3 is 4.74 Å². The Labute approximate surface area is 88.2 Å². The summed E-state index contributed by atoms with van der Waals surface area (Å²) in [5, 5.41) is 0. The molecule has 0 heterocycles. The Morgan fingerprint density at radius 3 is 2.54 bits per heavy atom. The molecule has 0 amide bonds. The van der Waals surface area contributed by atoms with Gasteiger partial charge in [-0.15, -0.1) is 0 Å². The normalized spacial score (nSPS) is 10.2. The van der Waals surface area contributed by atoms with Crippen LogP contribution in [0.25, 0.3) is 0 Å². The minimum absolute atomic E-state index is 0.794. The molecule has 1 aromatic carbocycles. The van der Waals surface area contributed by atoms with Crippen LogP contribution in [0.5, 0.6) is 5.75 Å². The van der Waals surface area contributed by atoms with Crippen molar-refractivity contribution in [3.63, 3.8) is 0 Å². The molecule has 0 saturated heterocycles. The maximum absolute atomic E-state index is 5.60. The zero-order valence-electron chi connectivity index (χ0n) is 8.36. The van der Waals surface area contributed by atoms with E-state index < -0.39 is 0 Å². The average Bonchev–Trinajstić information content (AvgIpc) is 2.13. The number of rotatable bonds is 3. The van der Waals surface area contributed by atoms with E-state index in [0.29, 0.717) is 0 Å². The predicted molar refractivity (Wildman–Crippen MR) is 59.4 cm³/mol. The summed E-state index contributed by atoms with van der Waals surface area (Å²) in [5.41, 5.74) is 2.48. The van der Waals surface area contributed by atoms with E-state index in [4.69, 9.17) is 4.74 Å². The fourth-order valence-electron chi connectivity index (χ4n) is 1.13. The summed E-state index contributed by atoms with van der Waals surface area (Å²) in [6.07, 6.45) is 1.05. The van der Waals surface area contributed by atoms with Gasteiger partial charge in [-0.05, 0) is 43.5 Å². The summed E-state index contributed by atoms with van der Waals surface area (Å²) in [6, 6.07) is 4.05. The number of hydrogen-bond donors (Lipinski definition) is 0. The molecule has 0 saturated carbocycles. The summed E-state index contributed by atoms with van der Waals surface area (Å²) in [5.74, 6) is 1.00. The lowest BCUT2D eigenvalue weighted by atomic mass is 10.1. The number of ether oxygens (including phenoxy) is 1. The summed E-state index contributed by atoms with van der Waals surface area (Å²) in [7, 11) is 0. The van der Waals surface area contributed by atoms with Crippen LogP contribution >= 0.6 is 15.9 Å². The van der Waals surface area contributed by atoms with Gasteiger partial charge in [0.25, 0.3) is 0 Å². The van der Waals surface area contributed by atoms with Gasteiger partial charge in [0.15, 0.2) is 0 Å². The van der Waals surface area contributed by atoms with Crippen LogP contribution in [0.15, 0.2) is 16.6 Å². The van der Waals surface area contributed by atoms with Gasteiger partial charge in [-0.25, -0.2) is 0 Å². The van der Waals surface area contributed by atoms with Crippen LogP contribution < -0.4 is 4.74 Å². The first-order valence-electron chi connectivity index (χ1n) is 4.55. The zero-order chi connectivity index (χ0) is 9.84. The third-order valence-corrected chi connectivity index (χ3v) is 2.99. The molecule has 0 spiro atoms. The van der Waals surface area contributed by atoms with Crippen molar-refractivity contribution >= 4 is 15.9 Å². The maximum Gasteiger partial charge on any atom is 0.122 e. The minimum atomic E-state index is 0.794. The standard InChI is InChI=1S/C11H15BrO/c1-4-7-13-11-6-5-10(12)8(2)9(11)3/h5-6H,4,7H2,1-3H3. The predicted octanol–water partition coefficient (Wildman–Crippen LogP) is 3.85. The quantitative estimate of drug-likeness (QED) is 0.783. The smallest absolute Gasteiger partial charge is 0.122 e. The zero-order valence-corrected chi connectivity index (χ0v) is 9.94. The first-order chi connectivity index (χ1) is 6.16. The lowest BCUT2D eigenvalue weighted by Crippen LogP contribution is -1.98. The Kier molecular flexibility index (Phi) is 3.79. The monoisotopic (exact) mass is 242 g/mol. The lowest BCUT2D eigenvalue weighted by molar-refractivity contribution is 0.315. The third kappa shape index (κ3) is 2.47. The second-order valence-electron chi connectivity index (χ2n) is 3.14. The molecule has 0 N–H and O–H groups in total. The molecule has 0 aliphatic rings. The molecule has 1 nitrogen and oxygen atoms in total. The molecule has 2 heteroatoms. The van der Waals surface area contributed by atoms with Crippen molar-refractivity contribution < 1.29 is 4.74 Å². The van der Waals surface area contributed by atoms with Crippen molar-refractivity contribution in [1.29, 1.82) is 0 Å². The highest BCUT2D eigenvalue weighted by atomic mass is 79.9. The van der Waals surface area contributed by atoms with E-state index in [1.54, 1.807) is 0 Å². The molecule has 0 aliphatic carbocycles. The molecule has 0 radical (unpaired) electrons. The molecule has 1 aromatic rings. The van der Waals surface area contributed by atoms with E-state index in [0.717, 1.165) is 23.2 Å². The van der Waals surface area contributed by atoms with Crippen molar-refractivity contribution in [3.05, 3.63) is 27.7 Å². The highest BCUT2D eigenvalue weighted by Crippen LogP contribution is 2.27. The Bertz CT molecular complexity index is 294. The van der Waals surface area contributed by atoms with E-state index in [2.05, 4.69) is 36.7 Å². The van der Waals surface area contributed by atoms with Crippen LogP contribution in [0.3, 0.4) is 0 Å². The van der Waals surface area contributed by atoms with Crippen LogP contribution in [0.2, 0.25) is 0 Å². The second kappa shape index (κ2) is 4.66. The van der Waals surface area contributed by atoms with Crippen molar-refractivity contribution in [2.45, 2.75) is 27.2 Å². The van der Waals surface area contributed by atoms with Gasteiger partial charge >= 0.3 is 0 Å². The molecular formula is C11H15BrO. The summed E-state index contributed by atoms with van der Waals surface area (Å²) < 4.78 is 6.75. The Morgan fingerprint density at radius 2 is 1.92 bits per heavy atom. The van der Waals surface area contributed by atoms with Gasteiger partial charge in [-0.2, -0.15) is 0 Å². The van der Waals surface area contributed by atoms with Gasteiger partial charge in [0, 0.05) is 4.47 Å². The molecule has 0 atom stereocenters. The fraction of sp³-hybridized carbons (Fsp3) is 0.455. The molecule has 13 heavy (non-hydrogen) atoms. The summed E-state index contributed by atoms with van der Waals surface area (Å²) in [6.45, 7) is 7.09. The van der Waals surface area contributed by atoms with E-state index in [-0.39, 0.29) is 0 Å². The van der Waals surface area contributed by atoms with Crippen LogP contribution in [0, 0.1) is 13.8 Å². The molecule has 0 aromatic heterocycles. The van der Waals surface area contributed by atoms with E-state index >= 15 is 0 Å². The highest BCUT2D eigenvalue weighted by molar-refractivity contribution is 9.10. The maximum atomic E-state index is 5.60. The summed E-state index contributed by atoms with van der Waals surface area (Å²) in [4.78, 5) is 0. The van der Waals surface area contributed by atoms with Crippen LogP contribution in [0.1, 0.15) is 24.5 Å². The largest absolute Gasteiger partial charge is 0.493 e. The topological polar surface area (TPSA) is 9.23 Å². The minimum Gasteiger partial charge on any atom is -0.493 e. The lowest BCUT2D eigenvalue weighted by Gasteiger charge is -2.11. The Hall–Kier alpha value is -0.500. The Morgan fingerprint density at radius 1 is 1.23 bits per heavy atom. The van der Waals surface area contributed by atoms with E-state index in [9.17, 15) is 0 Å². The third-order valence-electron chi connectivity index (χ3n) is 2.13. The van der Waals surface area contributed by atoms with E-state index in [1.165, 1.54) is 11.1 Å². The first-order valence-corrected chi connectivity index (χ1v) is 5.34. The molecule has 72 valence electrons. The van der Waals surface area contributed by atoms with Gasteiger partial charge in [-0.3, -0.25) is 0 Å². The molecule has 0 unspecified atom stereocenters. The Balaban J connectivity index is 2.90. The molecule has 0 aliphatic heterocycles. The molecule has 0 bridgehead atoms. The van der Waals surface area contributed by atoms with Gasteiger partial charge in [0.1, 0.15) is 5.75 Å². The van der Waals surface area contributed by atoms with Crippen molar-refractivity contribution in [3.8, 4) is 5.75 Å². The van der Waals surface area contributed by atoms with Crippen LogP contribution in [-0.4, -0.2) is 6.61 Å². The molecule has 1 rings (SSSR count). The number of hydrogen-bond acceptors (Lipinski definition) is 1. The van der Waals surface area contributed by atoms with Crippen LogP contribution in [-0.2, 0) is 0 Å². The average molecular weight is 243 g/mol. The highest BCUT2D eigenvalue weighted by Gasteiger charge is 2.04. The fourth-order valence-corrected chi connectivity index (χ4v) is 1.56. The van der Waals surface area contributed by atoms with Gasteiger partial charge in [0.2, 0.25) is 0 Å². The molecule has 0 fully saturated rings. The van der Waals surface area contributed by atoms with Crippen molar-refractivity contribution in [2.75, 3.05) is 6.61 Å². The summed E-state index contributed by atoms with van der Waals surface area (Å²) >= 11 is 3.49. The van der Waals surface area contributed by atoms with Crippen LogP contribution in [0.4, 0.5) is 0 Å². The van der Waals surface area contributed by atoms with Crippen molar-refractivity contribution in [2.24, 2.45) is 0 Å². The number of benzene rings is 1. The second-order valence-corrected chi connectivity index (χ2v) is 4.00. The molecular weight excluding hydrogens is 228 g/mol. The SMILES string of the molecule is CCCOc1ccc(Br)c(C)c1C. The first kappa shape index (κ1) is 10.6. The van der Waals surface area contributed by atoms with Gasteiger partial charge in [0.05, 0.1) is 6.61 Å². The van der Waals surface area contributed by atoms with Gasteiger partial charge in [-0.1, -0.05) is 22.9 Å². The number of halogens is 1.